The SMILES string of the molecule is c1cc(-c2ccc(-c3ccc(N(c4ccc(-c5ccc6c(c5)sc5ccccc56)cc4)c4ccc(-c5ccc6oc7ccccc7c6c5)cc4)cc3)cc2)cc(-c2ccc3ccccc3c2)c1. The summed E-state index contributed by atoms with van der Waals surface area (Å²) in [5.41, 5.74) is 17.0. The van der Waals surface area contributed by atoms with E-state index in [4.69, 9.17) is 4.42 Å². The molecule has 2 heterocycles. The summed E-state index contributed by atoms with van der Waals surface area (Å²) >= 11 is 1.86. The smallest absolute Gasteiger partial charge is 0.135 e. The topological polar surface area (TPSA) is 16.4 Å². The van der Waals surface area contributed by atoms with E-state index < -0.39 is 0 Å². The zero-order chi connectivity index (χ0) is 44.3. The molecule has 314 valence electrons. The molecule has 11 aromatic carbocycles. The van der Waals surface area contributed by atoms with Crippen LogP contribution in [-0.4, -0.2) is 0 Å². The van der Waals surface area contributed by atoms with E-state index >= 15 is 0 Å². The van der Waals surface area contributed by atoms with Crippen molar-refractivity contribution in [2.75, 3.05) is 4.90 Å². The average molecular weight is 872 g/mol. The van der Waals surface area contributed by atoms with Crippen LogP contribution in [0.1, 0.15) is 0 Å². The fourth-order valence-electron chi connectivity index (χ4n) is 9.77. The lowest BCUT2D eigenvalue weighted by molar-refractivity contribution is 0.669. The molecule has 13 aromatic rings. The highest BCUT2D eigenvalue weighted by Crippen LogP contribution is 2.41. The molecular weight excluding hydrogens is 831 g/mol. The second-order valence-corrected chi connectivity index (χ2v) is 18.4. The van der Waals surface area contributed by atoms with Gasteiger partial charge in [-0.25, -0.2) is 0 Å². The summed E-state index contributed by atoms with van der Waals surface area (Å²) in [6.45, 7) is 0. The molecular formula is C64H41NOS. The number of hydrogen-bond donors (Lipinski definition) is 0. The van der Waals surface area contributed by atoms with Crippen LogP contribution in [0.3, 0.4) is 0 Å². The molecule has 13 rings (SSSR count). The van der Waals surface area contributed by atoms with E-state index in [1.54, 1.807) is 0 Å². The molecule has 0 fully saturated rings. The number of anilines is 3. The second kappa shape index (κ2) is 16.2. The van der Waals surface area contributed by atoms with E-state index in [9.17, 15) is 0 Å². The van der Waals surface area contributed by atoms with Gasteiger partial charge in [0.25, 0.3) is 0 Å². The number of thiophene rings is 1. The summed E-state index contributed by atoms with van der Waals surface area (Å²) in [5.74, 6) is 0. The standard InChI is InChI=1S/C64H41NOS/c1-2-9-48-39-51(21-20-42(48)8-1)50-11-7-10-49(38-50)45-18-16-43(17-19-45)44-22-30-54(31-23-44)65(55-32-24-46(25-33-55)52-29-37-62-60(40-52)57-12-3-5-14-61(57)66-62)56-34-26-47(27-35-56)53-28-36-59-58-13-4-6-15-63(58)67-64(59)41-53/h1-41H. The molecule has 0 aliphatic heterocycles. The first-order valence-electron chi connectivity index (χ1n) is 22.8. The molecule has 67 heavy (non-hydrogen) atoms. The molecule has 0 amide bonds. The van der Waals surface area contributed by atoms with Crippen LogP contribution in [-0.2, 0) is 0 Å². The number of furan rings is 1. The van der Waals surface area contributed by atoms with Crippen LogP contribution < -0.4 is 4.90 Å². The highest BCUT2D eigenvalue weighted by Gasteiger charge is 2.16. The Bertz CT molecular complexity index is 3950. The largest absolute Gasteiger partial charge is 0.456 e. The third-order valence-electron chi connectivity index (χ3n) is 13.3. The van der Waals surface area contributed by atoms with Crippen molar-refractivity contribution in [3.05, 3.63) is 249 Å². The van der Waals surface area contributed by atoms with Crippen molar-refractivity contribution in [1.82, 2.24) is 0 Å². The predicted molar refractivity (Wildman–Crippen MR) is 286 cm³/mol. The highest BCUT2D eigenvalue weighted by molar-refractivity contribution is 7.25. The Morgan fingerprint density at radius 2 is 0.701 bits per heavy atom. The fraction of sp³-hybridized carbons (Fsp3) is 0. The lowest BCUT2D eigenvalue weighted by Gasteiger charge is -2.26. The zero-order valence-corrected chi connectivity index (χ0v) is 37.3. The summed E-state index contributed by atoms with van der Waals surface area (Å²) in [5, 5.41) is 7.42. The molecule has 0 N–H and O–H groups in total. The van der Waals surface area contributed by atoms with Gasteiger partial charge in [-0.05, 0) is 145 Å². The van der Waals surface area contributed by atoms with Gasteiger partial charge in [0, 0.05) is 48.0 Å². The number of para-hydroxylation sites is 1. The van der Waals surface area contributed by atoms with Gasteiger partial charge in [0.1, 0.15) is 11.2 Å². The number of benzene rings is 11. The molecule has 0 aliphatic carbocycles. The maximum atomic E-state index is 6.14. The molecule has 2 nitrogen and oxygen atoms in total. The molecule has 0 saturated carbocycles. The number of fused-ring (bicyclic) bond motifs is 7. The van der Waals surface area contributed by atoms with Gasteiger partial charge in [0.15, 0.2) is 0 Å². The molecule has 2 aromatic heterocycles. The van der Waals surface area contributed by atoms with Gasteiger partial charge in [-0.15, -0.1) is 11.3 Å². The van der Waals surface area contributed by atoms with E-state index in [1.165, 1.54) is 75.5 Å². The van der Waals surface area contributed by atoms with E-state index in [0.29, 0.717) is 0 Å². The zero-order valence-electron chi connectivity index (χ0n) is 36.4. The van der Waals surface area contributed by atoms with Crippen molar-refractivity contribution in [3.8, 4) is 55.6 Å². The van der Waals surface area contributed by atoms with Crippen LogP contribution in [0.15, 0.2) is 253 Å². The van der Waals surface area contributed by atoms with Crippen LogP contribution in [0.2, 0.25) is 0 Å². The number of hydrogen-bond acceptors (Lipinski definition) is 3. The molecule has 0 aliphatic rings. The summed E-state index contributed by atoms with van der Waals surface area (Å²) < 4.78 is 8.78. The Labute approximate surface area is 392 Å². The fourth-order valence-corrected chi connectivity index (χ4v) is 10.9. The average Bonchev–Trinajstić information content (AvgIpc) is 3.97. The Morgan fingerprint density at radius 1 is 0.254 bits per heavy atom. The Kier molecular flexibility index (Phi) is 9.40. The van der Waals surface area contributed by atoms with Gasteiger partial charge in [-0.2, -0.15) is 0 Å². The minimum absolute atomic E-state index is 0.905. The Hall–Kier alpha value is -8.50. The van der Waals surface area contributed by atoms with Gasteiger partial charge in [-0.1, -0.05) is 170 Å². The highest BCUT2D eigenvalue weighted by atomic mass is 32.1. The maximum absolute atomic E-state index is 6.14. The first-order chi connectivity index (χ1) is 33.1. The normalized spacial score (nSPS) is 11.6. The van der Waals surface area contributed by atoms with Crippen LogP contribution in [0.4, 0.5) is 17.1 Å². The quantitative estimate of drug-likeness (QED) is 0.151. The van der Waals surface area contributed by atoms with Gasteiger partial charge in [0.2, 0.25) is 0 Å². The van der Waals surface area contributed by atoms with E-state index in [0.717, 1.165) is 50.1 Å². The van der Waals surface area contributed by atoms with Crippen LogP contribution in [0.25, 0.3) is 109 Å². The molecule has 0 saturated heterocycles. The van der Waals surface area contributed by atoms with Crippen molar-refractivity contribution in [2.24, 2.45) is 0 Å². The minimum Gasteiger partial charge on any atom is -0.456 e. The van der Waals surface area contributed by atoms with E-state index in [2.05, 4.69) is 241 Å². The molecule has 3 heteroatoms. The summed E-state index contributed by atoms with van der Waals surface area (Å²) in [7, 11) is 0. The monoisotopic (exact) mass is 871 g/mol. The van der Waals surface area contributed by atoms with Gasteiger partial charge in [0.05, 0.1) is 0 Å². The van der Waals surface area contributed by atoms with Crippen LogP contribution in [0.5, 0.6) is 0 Å². The number of rotatable bonds is 8. The van der Waals surface area contributed by atoms with Crippen LogP contribution in [0, 0.1) is 0 Å². The van der Waals surface area contributed by atoms with Crippen molar-refractivity contribution >= 4 is 81.3 Å². The van der Waals surface area contributed by atoms with Crippen molar-refractivity contribution in [1.29, 1.82) is 0 Å². The summed E-state index contributed by atoms with van der Waals surface area (Å²) in [4.78, 5) is 2.35. The van der Waals surface area contributed by atoms with Gasteiger partial charge < -0.3 is 9.32 Å². The van der Waals surface area contributed by atoms with E-state index in [1.807, 2.05) is 23.5 Å². The van der Waals surface area contributed by atoms with Crippen molar-refractivity contribution in [2.45, 2.75) is 0 Å². The first kappa shape index (κ1) is 38.9. The maximum Gasteiger partial charge on any atom is 0.135 e. The van der Waals surface area contributed by atoms with E-state index in [-0.39, 0.29) is 0 Å². The first-order valence-corrected chi connectivity index (χ1v) is 23.6. The number of nitrogens with zero attached hydrogens (tertiary/aromatic N) is 1. The third kappa shape index (κ3) is 7.14. The molecule has 0 unspecified atom stereocenters. The van der Waals surface area contributed by atoms with Crippen molar-refractivity contribution < 1.29 is 4.42 Å². The van der Waals surface area contributed by atoms with Gasteiger partial charge >= 0.3 is 0 Å². The third-order valence-corrected chi connectivity index (χ3v) is 14.4. The molecule has 0 spiro atoms. The molecule has 0 atom stereocenters. The second-order valence-electron chi connectivity index (χ2n) is 17.3. The minimum atomic E-state index is 0.905. The molecule has 0 bridgehead atoms. The summed E-state index contributed by atoms with van der Waals surface area (Å²) in [6.07, 6.45) is 0. The lowest BCUT2D eigenvalue weighted by Crippen LogP contribution is -2.09. The van der Waals surface area contributed by atoms with Gasteiger partial charge in [-0.3, -0.25) is 0 Å². The Morgan fingerprint density at radius 3 is 1.39 bits per heavy atom. The summed E-state index contributed by atoms with van der Waals surface area (Å²) in [6, 6.07) is 90.3. The predicted octanol–water partition coefficient (Wildman–Crippen LogP) is 18.9. The lowest BCUT2D eigenvalue weighted by atomic mass is 9.96. The Balaban J connectivity index is 0.816. The molecule has 0 radical (unpaired) electrons. The van der Waals surface area contributed by atoms with Crippen molar-refractivity contribution in [3.63, 3.8) is 0 Å². The van der Waals surface area contributed by atoms with Crippen LogP contribution >= 0.6 is 11.3 Å².